The molecular formula is C11H8FN3O5S. The number of hydrogen-bond donors (Lipinski definition) is 2. The molecule has 0 saturated heterocycles. The van der Waals surface area contributed by atoms with Crippen LogP contribution in [0.3, 0.4) is 0 Å². The SMILES string of the molecule is O=[N+]([O-])c1cccc(O)c1NS(=O)(=O)c1ncccc1F. The molecule has 0 amide bonds. The predicted octanol–water partition coefficient (Wildman–Crippen LogP) is 1.64. The van der Waals surface area contributed by atoms with Crippen LogP contribution in [-0.2, 0) is 10.0 Å². The van der Waals surface area contributed by atoms with Crippen LogP contribution in [0.2, 0.25) is 0 Å². The van der Waals surface area contributed by atoms with Gasteiger partial charge >= 0.3 is 0 Å². The number of aromatic hydroxyl groups is 1. The van der Waals surface area contributed by atoms with Crippen molar-refractivity contribution < 1.29 is 22.8 Å². The number of rotatable bonds is 4. The summed E-state index contributed by atoms with van der Waals surface area (Å²) in [4.78, 5) is 13.3. The van der Waals surface area contributed by atoms with Gasteiger partial charge in [-0.1, -0.05) is 6.07 Å². The molecule has 1 aromatic heterocycles. The van der Waals surface area contributed by atoms with E-state index in [2.05, 4.69) is 4.98 Å². The summed E-state index contributed by atoms with van der Waals surface area (Å²) in [5.41, 5.74) is -1.33. The Morgan fingerprint density at radius 3 is 2.62 bits per heavy atom. The van der Waals surface area contributed by atoms with E-state index in [4.69, 9.17) is 0 Å². The number of aromatic nitrogens is 1. The van der Waals surface area contributed by atoms with Crippen LogP contribution in [0.15, 0.2) is 41.6 Å². The molecule has 0 spiro atoms. The van der Waals surface area contributed by atoms with Gasteiger partial charge in [-0.05, 0) is 18.2 Å². The third kappa shape index (κ3) is 2.89. The molecule has 0 fully saturated rings. The number of benzene rings is 1. The molecule has 10 heteroatoms. The molecule has 8 nitrogen and oxygen atoms in total. The lowest BCUT2D eigenvalue weighted by Crippen LogP contribution is -2.17. The van der Waals surface area contributed by atoms with Gasteiger partial charge in [-0.2, -0.15) is 8.42 Å². The molecule has 0 atom stereocenters. The Kier molecular flexibility index (Phi) is 3.72. The van der Waals surface area contributed by atoms with Crippen LogP contribution in [-0.4, -0.2) is 23.4 Å². The zero-order valence-corrected chi connectivity index (χ0v) is 11.0. The van der Waals surface area contributed by atoms with Crippen molar-refractivity contribution in [1.82, 2.24) is 4.98 Å². The highest BCUT2D eigenvalue weighted by atomic mass is 32.2. The lowest BCUT2D eigenvalue weighted by Gasteiger charge is -2.09. The van der Waals surface area contributed by atoms with Crippen molar-refractivity contribution in [1.29, 1.82) is 0 Å². The number of halogens is 1. The summed E-state index contributed by atoms with van der Waals surface area (Å²) in [6, 6.07) is 5.29. The highest BCUT2D eigenvalue weighted by Crippen LogP contribution is 2.34. The van der Waals surface area contributed by atoms with Crippen molar-refractivity contribution in [2.75, 3.05) is 4.72 Å². The predicted molar refractivity (Wildman–Crippen MR) is 69.8 cm³/mol. The van der Waals surface area contributed by atoms with Crippen molar-refractivity contribution in [3.63, 3.8) is 0 Å². The third-order valence-electron chi connectivity index (χ3n) is 2.43. The summed E-state index contributed by atoms with van der Waals surface area (Å²) < 4.78 is 39.2. The zero-order valence-electron chi connectivity index (χ0n) is 10.2. The van der Waals surface area contributed by atoms with E-state index in [0.717, 1.165) is 24.4 Å². The summed E-state index contributed by atoms with van der Waals surface area (Å²) in [5, 5.41) is 19.5. The quantitative estimate of drug-likeness (QED) is 0.502. The van der Waals surface area contributed by atoms with Gasteiger partial charge in [-0.15, -0.1) is 0 Å². The Hall–Kier alpha value is -2.75. The fraction of sp³-hybridized carbons (Fsp3) is 0. The number of nitro benzene ring substituents is 1. The molecule has 0 saturated carbocycles. The van der Waals surface area contributed by atoms with Crippen LogP contribution < -0.4 is 4.72 Å². The van der Waals surface area contributed by atoms with Crippen LogP contribution in [0, 0.1) is 15.9 Å². The fourth-order valence-corrected chi connectivity index (χ4v) is 2.64. The first-order chi connectivity index (χ1) is 9.83. The Balaban J connectivity index is 2.52. The number of nitro groups is 1. The summed E-state index contributed by atoms with van der Waals surface area (Å²) in [6.07, 6.45) is 1.05. The van der Waals surface area contributed by atoms with Gasteiger partial charge in [0.15, 0.2) is 11.5 Å². The average molecular weight is 313 g/mol. The number of phenolic OH excluding ortho intramolecular Hbond substituents is 1. The standard InChI is InChI=1S/C11H8FN3O5S/c12-7-3-2-6-13-11(7)21(19,20)14-10-8(15(17)18)4-1-5-9(10)16/h1-6,14,16H. The number of phenols is 1. The van der Waals surface area contributed by atoms with Gasteiger partial charge in [0.1, 0.15) is 5.75 Å². The van der Waals surface area contributed by atoms with Crippen molar-refractivity contribution in [3.8, 4) is 5.75 Å². The largest absolute Gasteiger partial charge is 0.505 e. The van der Waals surface area contributed by atoms with Crippen LogP contribution in [0.1, 0.15) is 0 Å². The Labute approximate surface area is 118 Å². The topological polar surface area (TPSA) is 122 Å². The molecule has 0 unspecified atom stereocenters. The second-order valence-electron chi connectivity index (χ2n) is 3.82. The summed E-state index contributed by atoms with van der Waals surface area (Å²) in [7, 11) is -4.52. The van der Waals surface area contributed by atoms with E-state index >= 15 is 0 Å². The highest BCUT2D eigenvalue weighted by molar-refractivity contribution is 7.92. The maximum atomic E-state index is 13.5. The van der Waals surface area contributed by atoms with Gasteiger partial charge in [0.05, 0.1) is 4.92 Å². The molecule has 0 aliphatic heterocycles. The van der Waals surface area contributed by atoms with E-state index in [9.17, 15) is 28.0 Å². The van der Waals surface area contributed by atoms with Crippen molar-refractivity contribution in [3.05, 3.63) is 52.5 Å². The van der Waals surface area contributed by atoms with E-state index in [-0.39, 0.29) is 0 Å². The van der Waals surface area contributed by atoms with Crippen LogP contribution in [0.5, 0.6) is 5.75 Å². The molecule has 0 aliphatic carbocycles. The van der Waals surface area contributed by atoms with Crippen LogP contribution >= 0.6 is 0 Å². The Bertz CT molecular complexity index is 809. The molecule has 0 radical (unpaired) electrons. The summed E-state index contributed by atoms with van der Waals surface area (Å²) in [5.74, 6) is -1.79. The molecule has 21 heavy (non-hydrogen) atoms. The van der Waals surface area contributed by atoms with Crippen molar-refractivity contribution in [2.24, 2.45) is 0 Å². The number of pyridine rings is 1. The number of para-hydroxylation sites is 1. The molecule has 110 valence electrons. The first kappa shape index (κ1) is 14.7. The Morgan fingerprint density at radius 1 is 1.29 bits per heavy atom. The molecule has 1 heterocycles. The highest BCUT2D eigenvalue weighted by Gasteiger charge is 2.26. The van der Waals surface area contributed by atoms with Crippen molar-refractivity contribution in [2.45, 2.75) is 5.03 Å². The monoisotopic (exact) mass is 313 g/mol. The van der Waals surface area contributed by atoms with Crippen molar-refractivity contribution >= 4 is 21.4 Å². The normalized spacial score (nSPS) is 11.1. The number of hydrogen-bond acceptors (Lipinski definition) is 6. The van der Waals surface area contributed by atoms with E-state index in [1.807, 2.05) is 0 Å². The second kappa shape index (κ2) is 5.32. The van der Waals surface area contributed by atoms with Gasteiger partial charge in [0, 0.05) is 12.3 Å². The first-order valence-electron chi connectivity index (χ1n) is 5.42. The van der Waals surface area contributed by atoms with Gasteiger partial charge in [0.2, 0.25) is 5.03 Å². The Morgan fingerprint density at radius 2 is 2.00 bits per heavy atom. The van der Waals surface area contributed by atoms with Crippen LogP contribution in [0.4, 0.5) is 15.8 Å². The van der Waals surface area contributed by atoms with Gasteiger partial charge in [-0.3, -0.25) is 14.8 Å². The lowest BCUT2D eigenvalue weighted by atomic mass is 10.2. The maximum Gasteiger partial charge on any atom is 0.297 e. The minimum absolute atomic E-state index is 0.660. The smallest absolute Gasteiger partial charge is 0.297 e. The van der Waals surface area contributed by atoms with Gasteiger partial charge in [-0.25, -0.2) is 9.37 Å². The number of nitrogens with zero attached hydrogens (tertiary/aromatic N) is 2. The minimum atomic E-state index is -4.52. The van der Waals surface area contributed by atoms with E-state index < -0.39 is 42.9 Å². The lowest BCUT2D eigenvalue weighted by molar-refractivity contribution is -0.383. The third-order valence-corrected chi connectivity index (χ3v) is 3.72. The maximum absolute atomic E-state index is 13.5. The molecule has 2 aromatic rings. The summed E-state index contributed by atoms with van der Waals surface area (Å²) in [6.45, 7) is 0. The fourth-order valence-electron chi connectivity index (χ4n) is 1.54. The first-order valence-corrected chi connectivity index (χ1v) is 6.91. The average Bonchev–Trinajstić information content (AvgIpc) is 2.41. The molecular weight excluding hydrogens is 305 g/mol. The molecule has 0 aliphatic rings. The van der Waals surface area contributed by atoms with E-state index in [1.54, 1.807) is 4.72 Å². The second-order valence-corrected chi connectivity index (χ2v) is 5.42. The molecule has 0 bridgehead atoms. The number of nitrogens with one attached hydrogen (secondary N) is 1. The van der Waals surface area contributed by atoms with Gasteiger partial charge < -0.3 is 5.11 Å². The van der Waals surface area contributed by atoms with E-state index in [0.29, 0.717) is 0 Å². The van der Waals surface area contributed by atoms with Gasteiger partial charge in [0.25, 0.3) is 15.7 Å². The summed E-state index contributed by atoms with van der Waals surface area (Å²) >= 11 is 0. The molecule has 2 N–H and O–H groups in total. The zero-order chi connectivity index (χ0) is 15.6. The number of anilines is 1. The van der Waals surface area contributed by atoms with E-state index in [1.165, 1.54) is 12.1 Å². The minimum Gasteiger partial charge on any atom is -0.505 e. The van der Waals surface area contributed by atoms with Crippen LogP contribution in [0.25, 0.3) is 0 Å². The number of sulfonamides is 1. The molecule has 1 aromatic carbocycles. The molecule has 2 rings (SSSR count).